The van der Waals surface area contributed by atoms with Gasteiger partial charge in [0.2, 0.25) is 0 Å². The van der Waals surface area contributed by atoms with Crippen molar-refractivity contribution in [3.63, 3.8) is 0 Å². The molecule has 0 spiro atoms. The van der Waals surface area contributed by atoms with E-state index in [9.17, 15) is 4.79 Å². The summed E-state index contributed by atoms with van der Waals surface area (Å²) in [5.41, 5.74) is 3.17. The Hall–Kier alpha value is -2.35. The van der Waals surface area contributed by atoms with Crippen molar-refractivity contribution in [3.8, 4) is 5.75 Å². The standard InChI is InChI=1S/C33H46O2/c1-3-5-7-11-27-15-17-28(18-16-27)13-9-10-14-29-19-23-31(24-20-29)33(34)35-32-25-21-30(22-26-32)12-8-6-4-2/h9,13,19-28H,3-8,10-12,14-18H2,1-2H3/t27-,28-. The molecule has 0 aliphatic heterocycles. The summed E-state index contributed by atoms with van der Waals surface area (Å²) >= 11 is 0. The Bertz CT molecular complexity index is 870. The zero-order valence-corrected chi connectivity index (χ0v) is 22.1. The number of ether oxygens (including phenoxy) is 1. The van der Waals surface area contributed by atoms with E-state index in [4.69, 9.17) is 4.74 Å². The van der Waals surface area contributed by atoms with E-state index >= 15 is 0 Å². The minimum atomic E-state index is -0.291. The first kappa shape index (κ1) is 27.2. The van der Waals surface area contributed by atoms with Crippen LogP contribution in [0.5, 0.6) is 5.75 Å². The lowest BCUT2D eigenvalue weighted by atomic mass is 9.79. The molecule has 0 bridgehead atoms. The SMILES string of the molecule is CCCCCc1ccc(OC(=O)c2ccc(CCC=C[C@H]3CC[C@H](CCCCC)CC3)cc2)cc1. The molecule has 3 rings (SSSR count). The summed E-state index contributed by atoms with van der Waals surface area (Å²) in [4.78, 5) is 12.5. The lowest BCUT2D eigenvalue weighted by Gasteiger charge is -2.26. The first-order valence-electron chi connectivity index (χ1n) is 14.2. The molecule has 0 amide bonds. The van der Waals surface area contributed by atoms with Crippen LogP contribution in [0.1, 0.15) is 112 Å². The first-order chi connectivity index (χ1) is 17.2. The van der Waals surface area contributed by atoms with Crippen LogP contribution in [-0.4, -0.2) is 5.97 Å². The van der Waals surface area contributed by atoms with Crippen molar-refractivity contribution < 1.29 is 9.53 Å². The Labute approximate surface area is 214 Å². The Morgan fingerprint density at radius 3 is 2.11 bits per heavy atom. The number of carbonyl (C=O) groups is 1. The molecule has 2 nitrogen and oxygen atoms in total. The number of carbonyl (C=O) groups excluding carboxylic acids is 1. The van der Waals surface area contributed by atoms with Gasteiger partial charge >= 0.3 is 5.97 Å². The van der Waals surface area contributed by atoms with Crippen LogP contribution < -0.4 is 4.74 Å². The summed E-state index contributed by atoms with van der Waals surface area (Å²) in [7, 11) is 0. The number of unbranched alkanes of at least 4 members (excludes halogenated alkanes) is 4. The second kappa shape index (κ2) is 15.6. The van der Waals surface area contributed by atoms with E-state index in [1.165, 1.54) is 81.8 Å². The summed E-state index contributed by atoms with van der Waals surface area (Å²) in [5, 5.41) is 0. The van der Waals surface area contributed by atoms with E-state index in [1.807, 2.05) is 24.3 Å². The smallest absolute Gasteiger partial charge is 0.343 e. The lowest BCUT2D eigenvalue weighted by Crippen LogP contribution is -2.13. The predicted octanol–water partition coefficient (Wildman–Crippen LogP) is 9.51. The monoisotopic (exact) mass is 474 g/mol. The Morgan fingerprint density at radius 1 is 0.800 bits per heavy atom. The minimum absolute atomic E-state index is 0.291. The molecule has 1 aliphatic rings. The zero-order chi connectivity index (χ0) is 24.7. The molecule has 2 aromatic rings. The fraction of sp³-hybridized carbons (Fsp3) is 0.545. The Kier molecular flexibility index (Phi) is 12.1. The summed E-state index contributed by atoms with van der Waals surface area (Å²) in [6.45, 7) is 4.51. The van der Waals surface area contributed by atoms with Gasteiger partial charge in [-0.05, 0) is 98.6 Å². The highest BCUT2D eigenvalue weighted by Gasteiger charge is 2.18. The van der Waals surface area contributed by atoms with Crippen molar-refractivity contribution in [2.24, 2.45) is 11.8 Å². The molecule has 0 aromatic heterocycles. The fourth-order valence-corrected chi connectivity index (χ4v) is 5.17. The van der Waals surface area contributed by atoms with Gasteiger partial charge in [-0.1, -0.05) is 88.8 Å². The van der Waals surface area contributed by atoms with Gasteiger partial charge in [0.05, 0.1) is 5.56 Å². The molecule has 0 unspecified atom stereocenters. The third kappa shape index (κ3) is 10.0. The minimum Gasteiger partial charge on any atom is -0.423 e. The Balaban J connectivity index is 1.35. The molecule has 0 radical (unpaired) electrons. The van der Waals surface area contributed by atoms with Crippen LogP contribution in [0, 0.1) is 11.8 Å². The molecule has 2 aromatic carbocycles. The highest BCUT2D eigenvalue weighted by Crippen LogP contribution is 2.32. The molecular weight excluding hydrogens is 428 g/mol. The average Bonchev–Trinajstić information content (AvgIpc) is 2.89. The first-order valence-corrected chi connectivity index (χ1v) is 14.2. The van der Waals surface area contributed by atoms with Crippen LogP contribution in [-0.2, 0) is 12.8 Å². The number of benzene rings is 2. The number of aryl methyl sites for hydroxylation is 2. The third-order valence-corrected chi connectivity index (χ3v) is 7.51. The van der Waals surface area contributed by atoms with E-state index in [1.54, 1.807) is 0 Å². The number of rotatable bonds is 14. The summed E-state index contributed by atoms with van der Waals surface area (Å²) in [6.07, 6.45) is 22.8. The molecule has 0 N–H and O–H groups in total. The van der Waals surface area contributed by atoms with Crippen molar-refractivity contribution in [3.05, 3.63) is 77.4 Å². The predicted molar refractivity (Wildman–Crippen MR) is 148 cm³/mol. The molecule has 0 atom stereocenters. The molecule has 1 saturated carbocycles. The molecule has 35 heavy (non-hydrogen) atoms. The largest absolute Gasteiger partial charge is 0.423 e. The number of hydrogen-bond acceptors (Lipinski definition) is 2. The molecular formula is C33H46O2. The van der Waals surface area contributed by atoms with E-state index in [0.29, 0.717) is 11.3 Å². The van der Waals surface area contributed by atoms with Crippen molar-refractivity contribution in [1.82, 2.24) is 0 Å². The number of allylic oxidation sites excluding steroid dienone is 2. The topological polar surface area (TPSA) is 26.3 Å². The highest BCUT2D eigenvalue weighted by molar-refractivity contribution is 5.91. The van der Waals surface area contributed by atoms with E-state index in [0.717, 1.165) is 31.1 Å². The van der Waals surface area contributed by atoms with Gasteiger partial charge in [0.15, 0.2) is 0 Å². The summed E-state index contributed by atoms with van der Waals surface area (Å²) in [5.74, 6) is 2.07. The van der Waals surface area contributed by atoms with Gasteiger partial charge in [-0.2, -0.15) is 0 Å². The summed E-state index contributed by atoms with van der Waals surface area (Å²) in [6, 6.07) is 15.8. The van der Waals surface area contributed by atoms with E-state index in [-0.39, 0.29) is 5.97 Å². The van der Waals surface area contributed by atoms with Crippen LogP contribution in [0.25, 0.3) is 0 Å². The molecule has 190 valence electrons. The summed E-state index contributed by atoms with van der Waals surface area (Å²) < 4.78 is 5.57. The molecule has 0 saturated heterocycles. The van der Waals surface area contributed by atoms with Gasteiger partial charge in [0.25, 0.3) is 0 Å². The maximum absolute atomic E-state index is 12.5. The average molecular weight is 475 g/mol. The second-order valence-electron chi connectivity index (χ2n) is 10.4. The Morgan fingerprint density at radius 2 is 1.43 bits per heavy atom. The quantitative estimate of drug-likeness (QED) is 0.118. The van der Waals surface area contributed by atoms with Gasteiger partial charge in [-0.25, -0.2) is 4.79 Å². The van der Waals surface area contributed by atoms with Crippen LogP contribution in [0.3, 0.4) is 0 Å². The zero-order valence-electron chi connectivity index (χ0n) is 22.1. The number of esters is 1. The van der Waals surface area contributed by atoms with E-state index < -0.39 is 0 Å². The maximum Gasteiger partial charge on any atom is 0.343 e. The number of hydrogen-bond donors (Lipinski definition) is 0. The van der Waals surface area contributed by atoms with Gasteiger partial charge in [-0.3, -0.25) is 0 Å². The van der Waals surface area contributed by atoms with Crippen molar-refractivity contribution in [1.29, 1.82) is 0 Å². The molecule has 2 heteroatoms. The molecule has 1 fully saturated rings. The van der Waals surface area contributed by atoms with Crippen LogP contribution >= 0.6 is 0 Å². The highest BCUT2D eigenvalue weighted by atomic mass is 16.5. The van der Waals surface area contributed by atoms with Crippen LogP contribution in [0.15, 0.2) is 60.7 Å². The van der Waals surface area contributed by atoms with Crippen LogP contribution in [0.4, 0.5) is 0 Å². The normalized spacial score (nSPS) is 18.1. The second-order valence-corrected chi connectivity index (χ2v) is 10.4. The van der Waals surface area contributed by atoms with Crippen molar-refractivity contribution >= 4 is 5.97 Å². The fourth-order valence-electron chi connectivity index (χ4n) is 5.17. The molecule has 0 heterocycles. The van der Waals surface area contributed by atoms with Crippen molar-refractivity contribution in [2.45, 2.75) is 104 Å². The van der Waals surface area contributed by atoms with Gasteiger partial charge in [0.1, 0.15) is 5.75 Å². The van der Waals surface area contributed by atoms with Crippen LogP contribution in [0.2, 0.25) is 0 Å². The van der Waals surface area contributed by atoms with Gasteiger partial charge in [-0.15, -0.1) is 0 Å². The van der Waals surface area contributed by atoms with E-state index in [2.05, 4.69) is 50.3 Å². The maximum atomic E-state index is 12.5. The van der Waals surface area contributed by atoms with Crippen molar-refractivity contribution in [2.75, 3.05) is 0 Å². The van der Waals surface area contributed by atoms with Gasteiger partial charge in [0, 0.05) is 0 Å². The lowest BCUT2D eigenvalue weighted by molar-refractivity contribution is 0.0734. The molecule has 1 aliphatic carbocycles. The van der Waals surface area contributed by atoms with Gasteiger partial charge < -0.3 is 4.74 Å². The third-order valence-electron chi connectivity index (χ3n) is 7.51.